The van der Waals surface area contributed by atoms with E-state index in [1.807, 2.05) is 6.92 Å². The summed E-state index contributed by atoms with van der Waals surface area (Å²) in [7, 11) is 0. The number of hydrogen-bond donors (Lipinski definition) is 0. The fourth-order valence-electron chi connectivity index (χ4n) is 0.992. The topological polar surface area (TPSA) is 18.5 Å². The molecule has 0 N–H and O–H groups in total. The van der Waals surface area contributed by atoms with E-state index in [0.29, 0.717) is 17.7 Å². The largest absolute Gasteiger partial charge is 0.488 e. The first-order valence-electron chi connectivity index (χ1n) is 4.50. The Morgan fingerprint density at radius 2 is 2.00 bits per heavy atom. The molecule has 0 aliphatic rings. The molecule has 0 amide bonds. The van der Waals surface area contributed by atoms with Gasteiger partial charge in [0.05, 0.1) is 6.61 Å². The van der Waals surface area contributed by atoms with E-state index >= 15 is 0 Å². The molecule has 5 heteroatoms. The van der Waals surface area contributed by atoms with Gasteiger partial charge in [-0.05, 0) is 19.1 Å². The maximum absolute atomic E-state index is 13.1. The average molecular weight is 281 g/mol. The SMILES string of the molecule is CCOCCOc1cc(Br)cc(F)c1F. The van der Waals surface area contributed by atoms with E-state index < -0.39 is 11.6 Å². The van der Waals surface area contributed by atoms with Crippen LogP contribution in [0.25, 0.3) is 0 Å². The van der Waals surface area contributed by atoms with Crippen LogP contribution in [0.3, 0.4) is 0 Å². The Morgan fingerprint density at radius 3 is 2.67 bits per heavy atom. The van der Waals surface area contributed by atoms with E-state index in [1.54, 1.807) is 0 Å². The summed E-state index contributed by atoms with van der Waals surface area (Å²) in [6.07, 6.45) is 0. The number of ether oxygens (including phenoxy) is 2. The van der Waals surface area contributed by atoms with Crippen LogP contribution >= 0.6 is 15.9 Å². The van der Waals surface area contributed by atoms with Gasteiger partial charge in [-0.15, -0.1) is 0 Å². The van der Waals surface area contributed by atoms with Crippen LogP contribution in [0.15, 0.2) is 16.6 Å². The van der Waals surface area contributed by atoms with Crippen molar-refractivity contribution in [3.63, 3.8) is 0 Å². The third kappa shape index (κ3) is 3.76. The lowest BCUT2D eigenvalue weighted by Crippen LogP contribution is -2.07. The number of benzene rings is 1. The van der Waals surface area contributed by atoms with Crippen molar-refractivity contribution in [2.24, 2.45) is 0 Å². The van der Waals surface area contributed by atoms with Gasteiger partial charge in [0.25, 0.3) is 0 Å². The second kappa shape index (κ2) is 6.02. The molecule has 0 aromatic heterocycles. The first-order chi connectivity index (χ1) is 7.15. The average Bonchev–Trinajstić information content (AvgIpc) is 2.19. The minimum absolute atomic E-state index is 0.110. The summed E-state index contributed by atoms with van der Waals surface area (Å²) >= 11 is 3.05. The summed E-state index contributed by atoms with van der Waals surface area (Å²) < 4.78 is 36.5. The lowest BCUT2D eigenvalue weighted by atomic mass is 10.3. The Kier molecular flexibility index (Phi) is 4.98. The second-order valence-electron chi connectivity index (χ2n) is 2.75. The molecule has 0 saturated heterocycles. The highest BCUT2D eigenvalue weighted by Crippen LogP contribution is 2.25. The summed E-state index contributed by atoms with van der Waals surface area (Å²) in [4.78, 5) is 0. The maximum atomic E-state index is 13.1. The zero-order valence-corrected chi connectivity index (χ0v) is 9.81. The molecule has 0 heterocycles. The Labute approximate surface area is 95.3 Å². The molecule has 15 heavy (non-hydrogen) atoms. The summed E-state index contributed by atoms with van der Waals surface area (Å²) in [5.74, 6) is -2.02. The van der Waals surface area contributed by atoms with E-state index in [2.05, 4.69) is 15.9 Å². The van der Waals surface area contributed by atoms with Crippen molar-refractivity contribution in [1.29, 1.82) is 0 Å². The van der Waals surface area contributed by atoms with E-state index in [0.717, 1.165) is 6.07 Å². The van der Waals surface area contributed by atoms with Gasteiger partial charge in [-0.2, -0.15) is 4.39 Å². The summed E-state index contributed by atoms with van der Waals surface area (Å²) in [5, 5.41) is 0. The van der Waals surface area contributed by atoms with Crippen molar-refractivity contribution < 1.29 is 18.3 Å². The molecule has 0 unspecified atom stereocenters. The van der Waals surface area contributed by atoms with Crippen LogP contribution in [0.5, 0.6) is 5.75 Å². The standard InChI is InChI=1S/C10H11BrF2O2/c1-2-14-3-4-15-9-6-7(11)5-8(12)10(9)13/h5-6H,2-4H2,1H3. The van der Waals surface area contributed by atoms with Crippen LogP contribution < -0.4 is 4.74 Å². The van der Waals surface area contributed by atoms with Gasteiger partial charge in [0, 0.05) is 11.1 Å². The van der Waals surface area contributed by atoms with Crippen LogP contribution in [-0.4, -0.2) is 19.8 Å². The van der Waals surface area contributed by atoms with Crippen LogP contribution in [0.2, 0.25) is 0 Å². The van der Waals surface area contributed by atoms with Crippen LogP contribution in [-0.2, 0) is 4.74 Å². The van der Waals surface area contributed by atoms with Crippen LogP contribution in [0.1, 0.15) is 6.92 Å². The monoisotopic (exact) mass is 280 g/mol. The van der Waals surface area contributed by atoms with Crippen molar-refractivity contribution in [2.75, 3.05) is 19.8 Å². The van der Waals surface area contributed by atoms with E-state index in [1.165, 1.54) is 6.07 Å². The van der Waals surface area contributed by atoms with E-state index in [4.69, 9.17) is 9.47 Å². The van der Waals surface area contributed by atoms with Gasteiger partial charge in [0.15, 0.2) is 11.6 Å². The molecule has 0 spiro atoms. The van der Waals surface area contributed by atoms with Crippen molar-refractivity contribution in [3.05, 3.63) is 28.2 Å². The molecule has 0 aliphatic heterocycles. The zero-order chi connectivity index (χ0) is 11.3. The third-order valence-corrected chi connectivity index (χ3v) is 2.11. The second-order valence-corrected chi connectivity index (χ2v) is 3.66. The number of hydrogen-bond acceptors (Lipinski definition) is 2. The fourth-order valence-corrected chi connectivity index (χ4v) is 1.40. The van der Waals surface area contributed by atoms with Gasteiger partial charge >= 0.3 is 0 Å². The molecule has 0 atom stereocenters. The highest BCUT2D eigenvalue weighted by atomic mass is 79.9. The lowest BCUT2D eigenvalue weighted by Gasteiger charge is -2.08. The van der Waals surface area contributed by atoms with E-state index in [9.17, 15) is 8.78 Å². The highest BCUT2D eigenvalue weighted by Gasteiger charge is 2.10. The molecule has 0 aliphatic carbocycles. The maximum Gasteiger partial charge on any atom is 0.200 e. The molecule has 0 radical (unpaired) electrons. The smallest absolute Gasteiger partial charge is 0.200 e. The first-order valence-corrected chi connectivity index (χ1v) is 5.29. The Bertz CT molecular complexity index is 331. The molecule has 0 fully saturated rings. The summed E-state index contributed by atoms with van der Waals surface area (Å²) in [5.41, 5.74) is 0. The van der Waals surface area contributed by atoms with Gasteiger partial charge in [-0.25, -0.2) is 4.39 Å². The summed E-state index contributed by atoms with van der Waals surface area (Å²) in [6, 6.07) is 2.43. The minimum atomic E-state index is -0.977. The van der Waals surface area contributed by atoms with Gasteiger partial charge in [0.1, 0.15) is 6.61 Å². The van der Waals surface area contributed by atoms with Gasteiger partial charge in [-0.3, -0.25) is 0 Å². The van der Waals surface area contributed by atoms with Gasteiger partial charge in [-0.1, -0.05) is 15.9 Å². The van der Waals surface area contributed by atoms with Crippen molar-refractivity contribution in [1.82, 2.24) is 0 Å². The Balaban J connectivity index is 2.60. The normalized spacial score (nSPS) is 10.4. The van der Waals surface area contributed by atoms with Crippen LogP contribution in [0, 0.1) is 11.6 Å². The molecule has 2 nitrogen and oxygen atoms in total. The van der Waals surface area contributed by atoms with Gasteiger partial charge in [0.2, 0.25) is 5.82 Å². The number of rotatable bonds is 5. The molecule has 84 valence electrons. The van der Waals surface area contributed by atoms with E-state index in [-0.39, 0.29) is 12.4 Å². The first kappa shape index (κ1) is 12.4. The van der Waals surface area contributed by atoms with Crippen molar-refractivity contribution in [2.45, 2.75) is 6.92 Å². The van der Waals surface area contributed by atoms with Crippen LogP contribution in [0.4, 0.5) is 8.78 Å². The lowest BCUT2D eigenvalue weighted by molar-refractivity contribution is 0.108. The van der Waals surface area contributed by atoms with Crippen molar-refractivity contribution in [3.8, 4) is 5.75 Å². The molecule has 1 aromatic carbocycles. The Hall–Kier alpha value is -0.680. The third-order valence-electron chi connectivity index (χ3n) is 1.65. The quantitative estimate of drug-likeness (QED) is 0.609. The molecule has 0 bridgehead atoms. The predicted molar refractivity (Wildman–Crippen MR) is 56.0 cm³/mol. The zero-order valence-electron chi connectivity index (χ0n) is 8.23. The molecule has 1 rings (SSSR count). The highest BCUT2D eigenvalue weighted by molar-refractivity contribution is 9.10. The summed E-state index contributed by atoms with van der Waals surface area (Å²) in [6.45, 7) is 2.96. The number of halogens is 3. The molecular weight excluding hydrogens is 270 g/mol. The van der Waals surface area contributed by atoms with Gasteiger partial charge < -0.3 is 9.47 Å². The minimum Gasteiger partial charge on any atom is -0.488 e. The predicted octanol–water partition coefficient (Wildman–Crippen LogP) is 3.14. The fraction of sp³-hybridized carbons (Fsp3) is 0.400. The Morgan fingerprint density at radius 1 is 1.27 bits per heavy atom. The van der Waals surface area contributed by atoms with Crippen molar-refractivity contribution >= 4 is 15.9 Å². The molecule has 0 saturated carbocycles. The molecular formula is C10H11BrF2O2. The molecule has 1 aromatic rings.